The molecule has 2 aromatic rings. The number of rotatable bonds is 4. The highest BCUT2D eigenvalue weighted by molar-refractivity contribution is 5.53. The number of hydrogen-bond donors (Lipinski definition) is 1. The summed E-state index contributed by atoms with van der Waals surface area (Å²) in [6.45, 7) is 5.33. The highest BCUT2D eigenvalue weighted by atomic mass is 15.1. The van der Waals surface area contributed by atoms with Crippen LogP contribution in [0.25, 0.3) is 0 Å². The maximum absolute atomic E-state index is 5.74. The van der Waals surface area contributed by atoms with Crippen LogP contribution >= 0.6 is 0 Å². The van der Waals surface area contributed by atoms with E-state index in [0.717, 1.165) is 12.2 Å². The predicted molar refractivity (Wildman–Crippen MR) is 78.6 cm³/mol. The molecule has 0 aliphatic rings. The van der Waals surface area contributed by atoms with E-state index < -0.39 is 0 Å². The lowest BCUT2D eigenvalue weighted by molar-refractivity contribution is 0.682. The Kier molecular flexibility index (Phi) is 3.88. The fraction of sp³-hybridized carbons (Fsp3) is 0.250. The highest BCUT2D eigenvalue weighted by Gasteiger charge is 2.10. The average molecular weight is 240 g/mol. The number of hydrogen-bond acceptors (Lipinski definition) is 2. The van der Waals surface area contributed by atoms with Crippen molar-refractivity contribution in [3.63, 3.8) is 0 Å². The second-order valence-corrected chi connectivity index (χ2v) is 4.80. The molecule has 2 rings (SSSR count). The van der Waals surface area contributed by atoms with Crippen LogP contribution in [-0.2, 0) is 6.54 Å². The van der Waals surface area contributed by atoms with Gasteiger partial charge in [-0.2, -0.15) is 0 Å². The first-order valence-electron chi connectivity index (χ1n) is 6.33. The molecule has 0 unspecified atom stereocenters. The Bertz CT molecular complexity index is 474. The summed E-state index contributed by atoms with van der Waals surface area (Å²) in [5.74, 6) is 0. The van der Waals surface area contributed by atoms with Gasteiger partial charge in [-0.05, 0) is 43.7 Å². The smallest absolute Gasteiger partial charge is 0.0432 e. The molecule has 2 nitrogen and oxygen atoms in total. The zero-order valence-corrected chi connectivity index (χ0v) is 11.0. The summed E-state index contributed by atoms with van der Waals surface area (Å²) in [7, 11) is 0. The van der Waals surface area contributed by atoms with Crippen LogP contribution in [-0.4, -0.2) is 6.04 Å². The SMILES string of the molecule is CC(C)N(Cc1ccccc1)c1ccc(N)cc1. The molecule has 0 aromatic heterocycles. The summed E-state index contributed by atoms with van der Waals surface area (Å²) < 4.78 is 0. The van der Waals surface area contributed by atoms with Gasteiger partial charge >= 0.3 is 0 Å². The van der Waals surface area contributed by atoms with Gasteiger partial charge in [-0.1, -0.05) is 30.3 Å². The van der Waals surface area contributed by atoms with Crippen LogP contribution in [0.5, 0.6) is 0 Å². The van der Waals surface area contributed by atoms with E-state index in [-0.39, 0.29) is 0 Å². The predicted octanol–water partition coefficient (Wildman–Crippen LogP) is 3.68. The van der Waals surface area contributed by atoms with E-state index in [2.05, 4.69) is 55.1 Å². The maximum Gasteiger partial charge on any atom is 0.0432 e. The van der Waals surface area contributed by atoms with Crippen molar-refractivity contribution in [3.8, 4) is 0 Å². The number of anilines is 2. The van der Waals surface area contributed by atoms with Gasteiger partial charge in [0.25, 0.3) is 0 Å². The van der Waals surface area contributed by atoms with Gasteiger partial charge in [0, 0.05) is 24.0 Å². The normalized spacial score (nSPS) is 10.6. The molecule has 2 N–H and O–H groups in total. The molecule has 2 aromatic carbocycles. The van der Waals surface area contributed by atoms with Crippen LogP contribution in [0.2, 0.25) is 0 Å². The van der Waals surface area contributed by atoms with Gasteiger partial charge in [-0.25, -0.2) is 0 Å². The lowest BCUT2D eigenvalue weighted by atomic mass is 10.1. The van der Waals surface area contributed by atoms with Gasteiger partial charge in [0.05, 0.1) is 0 Å². The fourth-order valence-electron chi connectivity index (χ4n) is 2.02. The summed E-state index contributed by atoms with van der Waals surface area (Å²) in [5.41, 5.74) is 9.08. The van der Waals surface area contributed by atoms with Crippen molar-refractivity contribution in [2.24, 2.45) is 0 Å². The lowest BCUT2D eigenvalue weighted by Gasteiger charge is -2.29. The maximum atomic E-state index is 5.74. The molecule has 0 amide bonds. The quantitative estimate of drug-likeness (QED) is 0.826. The standard InChI is InChI=1S/C16H20N2/c1-13(2)18(12-14-6-4-3-5-7-14)16-10-8-15(17)9-11-16/h3-11,13H,12,17H2,1-2H3. The zero-order chi connectivity index (χ0) is 13.0. The van der Waals surface area contributed by atoms with Gasteiger partial charge in [-0.3, -0.25) is 0 Å². The monoisotopic (exact) mass is 240 g/mol. The molecular formula is C16H20N2. The number of benzene rings is 2. The highest BCUT2D eigenvalue weighted by Crippen LogP contribution is 2.21. The molecular weight excluding hydrogens is 220 g/mol. The van der Waals surface area contributed by atoms with E-state index >= 15 is 0 Å². The van der Waals surface area contributed by atoms with Crippen molar-refractivity contribution in [1.82, 2.24) is 0 Å². The molecule has 0 spiro atoms. The third kappa shape index (κ3) is 3.04. The molecule has 0 radical (unpaired) electrons. The third-order valence-electron chi connectivity index (χ3n) is 3.04. The molecule has 0 aliphatic carbocycles. The van der Waals surface area contributed by atoms with Gasteiger partial charge in [0.1, 0.15) is 0 Å². The van der Waals surface area contributed by atoms with E-state index in [1.807, 2.05) is 18.2 Å². The molecule has 2 heteroatoms. The Balaban J connectivity index is 2.21. The molecule has 0 heterocycles. The number of nitrogens with two attached hydrogens (primary N) is 1. The fourth-order valence-corrected chi connectivity index (χ4v) is 2.02. The van der Waals surface area contributed by atoms with Gasteiger partial charge < -0.3 is 10.6 Å². The summed E-state index contributed by atoms with van der Waals surface area (Å²) >= 11 is 0. The van der Waals surface area contributed by atoms with Crippen LogP contribution in [0.15, 0.2) is 54.6 Å². The Hall–Kier alpha value is -1.96. The van der Waals surface area contributed by atoms with E-state index in [1.54, 1.807) is 0 Å². The summed E-state index contributed by atoms with van der Waals surface area (Å²) in [6.07, 6.45) is 0. The second kappa shape index (κ2) is 5.58. The third-order valence-corrected chi connectivity index (χ3v) is 3.04. The van der Waals surface area contributed by atoms with Crippen molar-refractivity contribution >= 4 is 11.4 Å². The van der Waals surface area contributed by atoms with Crippen molar-refractivity contribution in [1.29, 1.82) is 0 Å². The van der Waals surface area contributed by atoms with E-state index in [1.165, 1.54) is 11.3 Å². The Morgan fingerprint density at radius 1 is 0.944 bits per heavy atom. The largest absolute Gasteiger partial charge is 0.399 e. The Morgan fingerprint density at radius 3 is 2.11 bits per heavy atom. The second-order valence-electron chi connectivity index (χ2n) is 4.80. The van der Waals surface area contributed by atoms with Crippen LogP contribution in [0.3, 0.4) is 0 Å². The molecule has 0 bridgehead atoms. The minimum Gasteiger partial charge on any atom is -0.399 e. The molecule has 0 fully saturated rings. The number of nitrogen functional groups attached to an aromatic ring is 1. The summed E-state index contributed by atoms with van der Waals surface area (Å²) in [4.78, 5) is 2.37. The molecule has 0 saturated heterocycles. The lowest BCUT2D eigenvalue weighted by Crippen LogP contribution is -2.30. The van der Waals surface area contributed by atoms with Crippen molar-refractivity contribution in [2.45, 2.75) is 26.4 Å². The molecule has 18 heavy (non-hydrogen) atoms. The zero-order valence-electron chi connectivity index (χ0n) is 11.0. The summed E-state index contributed by atoms with van der Waals surface area (Å²) in [6, 6.07) is 19.1. The molecule has 0 saturated carbocycles. The van der Waals surface area contributed by atoms with E-state index in [0.29, 0.717) is 6.04 Å². The first-order chi connectivity index (χ1) is 8.66. The molecule has 0 aliphatic heterocycles. The van der Waals surface area contributed by atoms with Crippen molar-refractivity contribution in [2.75, 3.05) is 10.6 Å². The molecule has 0 atom stereocenters. The molecule has 94 valence electrons. The van der Waals surface area contributed by atoms with Crippen LogP contribution in [0, 0.1) is 0 Å². The van der Waals surface area contributed by atoms with Crippen LogP contribution < -0.4 is 10.6 Å². The average Bonchev–Trinajstić information content (AvgIpc) is 2.38. The minimum atomic E-state index is 0.453. The summed E-state index contributed by atoms with van der Waals surface area (Å²) in [5, 5.41) is 0. The Morgan fingerprint density at radius 2 is 1.56 bits per heavy atom. The first-order valence-corrected chi connectivity index (χ1v) is 6.33. The number of nitrogens with zero attached hydrogens (tertiary/aromatic N) is 1. The van der Waals surface area contributed by atoms with Gasteiger partial charge in [0.15, 0.2) is 0 Å². The topological polar surface area (TPSA) is 29.3 Å². The minimum absolute atomic E-state index is 0.453. The van der Waals surface area contributed by atoms with Crippen LogP contribution in [0.4, 0.5) is 11.4 Å². The van der Waals surface area contributed by atoms with E-state index in [9.17, 15) is 0 Å². The van der Waals surface area contributed by atoms with Gasteiger partial charge in [-0.15, -0.1) is 0 Å². The van der Waals surface area contributed by atoms with Crippen LogP contribution in [0.1, 0.15) is 19.4 Å². The first kappa shape index (κ1) is 12.5. The van der Waals surface area contributed by atoms with Gasteiger partial charge in [0.2, 0.25) is 0 Å². The van der Waals surface area contributed by atoms with Crippen molar-refractivity contribution < 1.29 is 0 Å². The van der Waals surface area contributed by atoms with E-state index in [4.69, 9.17) is 5.73 Å². The van der Waals surface area contributed by atoms with Crippen molar-refractivity contribution in [3.05, 3.63) is 60.2 Å². The Labute approximate surface area is 109 Å².